The molecule has 1 aliphatic heterocycles. The van der Waals surface area contributed by atoms with Crippen LogP contribution in [0.1, 0.15) is 53.4 Å². The monoisotopic (exact) mass is 464 g/mol. The van der Waals surface area contributed by atoms with Crippen molar-refractivity contribution in [3.63, 3.8) is 0 Å². The highest BCUT2D eigenvalue weighted by atomic mass is 35.5. The maximum absolute atomic E-state index is 13.0. The number of rotatable bonds is 5. The third kappa shape index (κ3) is 5.03. The van der Waals surface area contributed by atoms with E-state index < -0.39 is 42.0 Å². The number of aromatic nitrogens is 1. The summed E-state index contributed by atoms with van der Waals surface area (Å²) in [5.41, 5.74) is -0.545. The van der Waals surface area contributed by atoms with Crippen molar-refractivity contribution in [2.75, 3.05) is 11.9 Å². The van der Waals surface area contributed by atoms with Gasteiger partial charge >= 0.3 is 12.0 Å². The number of hydrogen-bond donors (Lipinski definition) is 2. The van der Waals surface area contributed by atoms with Crippen molar-refractivity contribution in [1.29, 1.82) is 0 Å². The average Bonchev–Trinajstić information content (AvgIpc) is 2.93. The predicted molar refractivity (Wildman–Crippen MR) is 118 cm³/mol. The number of urea groups is 1. The van der Waals surface area contributed by atoms with Crippen LogP contribution in [0, 0.1) is 11.3 Å². The first kappa shape index (κ1) is 24.0. The maximum Gasteiger partial charge on any atom is 0.327 e. The topological polar surface area (TPSA) is 118 Å². The Kier molecular flexibility index (Phi) is 6.78. The highest BCUT2D eigenvalue weighted by Gasteiger charge is 2.53. The number of carbonyl (C=O) groups is 4. The number of amides is 4. The molecule has 0 bridgehead atoms. The highest BCUT2D eigenvalue weighted by Crippen LogP contribution is 2.43. The van der Waals surface area contributed by atoms with Gasteiger partial charge in [-0.2, -0.15) is 0 Å². The van der Waals surface area contributed by atoms with Crippen molar-refractivity contribution in [3.05, 3.63) is 23.5 Å². The number of nitrogens with one attached hydrogen (secondary N) is 2. The number of imide groups is 1. The average molecular weight is 465 g/mol. The van der Waals surface area contributed by atoms with Gasteiger partial charge in [0, 0.05) is 6.20 Å². The van der Waals surface area contributed by atoms with Crippen LogP contribution in [0.15, 0.2) is 18.3 Å². The Morgan fingerprint density at radius 1 is 1.34 bits per heavy atom. The molecule has 2 N–H and O–H groups in total. The zero-order valence-corrected chi connectivity index (χ0v) is 19.5. The summed E-state index contributed by atoms with van der Waals surface area (Å²) in [5, 5.41) is 5.41. The van der Waals surface area contributed by atoms with Crippen molar-refractivity contribution in [2.24, 2.45) is 11.3 Å². The van der Waals surface area contributed by atoms with Gasteiger partial charge in [0.1, 0.15) is 12.1 Å². The largest absolute Gasteiger partial charge is 0.451 e. The van der Waals surface area contributed by atoms with Crippen LogP contribution in [0.25, 0.3) is 0 Å². The lowest BCUT2D eigenvalue weighted by molar-refractivity contribution is -0.155. The second-order valence-corrected chi connectivity index (χ2v) is 9.86. The normalized spacial score (nSPS) is 24.3. The molecule has 1 aromatic rings. The molecule has 4 amide bonds. The van der Waals surface area contributed by atoms with Crippen molar-refractivity contribution in [3.8, 4) is 0 Å². The molecular formula is C22H29ClN4O5. The van der Waals surface area contributed by atoms with Crippen LogP contribution in [0.5, 0.6) is 0 Å². The minimum Gasteiger partial charge on any atom is -0.451 e. The van der Waals surface area contributed by atoms with E-state index in [9.17, 15) is 19.2 Å². The Bertz CT molecular complexity index is 921. The number of ether oxygens (including phenoxy) is 1. The van der Waals surface area contributed by atoms with Crippen LogP contribution in [0.4, 0.5) is 10.5 Å². The molecule has 1 saturated heterocycles. The van der Waals surface area contributed by atoms with Gasteiger partial charge in [-0.05, 0) is 56.1 Å². The van der Waals surface area contributed by atoms with E-state index in [1.165, 1.54) is 13.1 Å². The molecule has 1 spiro atoms. The lowest BCUT2D eigenvalue weighted by atomic mass is 9.67. The van der Waals surface area contributed by atoms with Crippen LogP contribution in [0.2, 0.25) is 5.15 Å². The van der Waals surface area contributed by atoms with Gasteiger partial charge in [-0.25, -0.2) is 9.78 Å². The number of anilines is 1. The summed E-state index contributed by atoms with van der Waals surface area (Å²) < 4.78 is 5.13. The van der Waals surface area contributed by atoms with Gasteiger partial charge in [-0.3, -0.25) is 19.3 Å². The summed E-state index contributed by atoms with van der Waals surface area (Å²) in [6.45, 7) is 7.35. The van der Waals surface area contributed by atoms with Crippen LogP contribution in [0.3, 0.4) is 0 Å². The van der Waals surface area contributed by atoms with Gasteiger partial charge in [0.25, 0.3) is 11.8 Å². The third-order valence-electron chi connectivity index (χ3n) is 6.29. The van der Waals surface area contributed by atoms with Crippen LogP contribution < -0.4 is 10.6 Å². The number of pyridine rings is 1. The Balaban J connectivity index is 1.56. The fourth-order valence-corrected chi connectivity index (χ4v) is 4.43. The molecule has 10 heteroatoms. The molecule has 0 radical (unpaired) electrons. The van der Waals surface area contributed by atoms with Gasteiger partial charge in [0.15, 0.2) is 11.3 Å². The van der Waals surface area contributed by atoms with E-state index in [1.807, 2.05) is 0 Å². The first-order valence-electron chi connectivity index (χ1n) is 10.7. The lowest BCUT2D eigenvalue weighted by Gasteiger charge is -2.40. The van der Waals surface area contributed by atoms with E-state index in [0.29, 0.717) is 18.8 Å². The number of carbonyl (C=O) groups excluding carboxylic acids is 4. The SMILES string of the molecule is CC(OC(=O)CN1C(=O)NC2(CCC(C(C)(C)C)CC2)C1=O)C(=O)Nc1cccnc1Cl. The Labute approximate surface area is 192 Å². The van der Waals surface area contributed by atoms with Crippen LogP contribution >= 0.6 is 11.6 Å². The summed E-state index contributed by atoms with van der Waals surface area (Å²) in [7, 11) is 0. The zero-order chi connectivity index (χ0) is 23.7. The Morgan fingerprint density at radius 2 is 2.00 bits per heavy atom. The van der Waals surface area contributed by atoms with Gasteiger partial charge in [0.05, 0.1) is 5.69 Å². The van der Waals surface area contributed by atoms with E-state index in [1.54, 1.807) is 12.1 Å². The quantitative estimate of drug-likeness (QED) is 0.392. The minimum absolute atomic E-state index is 0.102. The summed E-state index contributed by atoms with van der Waals surface area (Å²) >= 11 is 5.91. The second kappa shape index (κ2) is 9.05. The summed E-state index contributed by atoms with van der Waals surface area (Å²) in [4.78, 5) is 54.9. The van der Waals surface area contributed by atoms with E-state index in [0.717, 1.165) is 17.7 Å². The molecule has 1 atom stereocenters. The van der Waals surface area contributed by atoms with E-state index in [4.69, 9.17) is 16.3 Å². The molecule has 2 fully saturated rings. The number of nitrogens with zero attached hydrogens (tertiary/aromatic N) is 2. The van der Waals surface area contributed by atoms with E-state index in [2.05, 4.69) is 36.4 Å². The zero-order valence-electron chi connectivity index (χ0n) is 18.7. The highest BCUT2D eigenvalue weighted by molar-refractivity contribution is 6.32. The summed E-state index contributed by atoms with van der Waals surface area (Å²) in [5.74, 6) is -1.41. The van der Waals surface area contributed by atoms with Gasteiger partial charge in [0.2, 0.25) is 0 Å². The molecular weight excluding hydrogens is 436 g/mol. The summed E-state index contributed by atoms with van der Waals surface area (Å²) in [6.07, 6.45) is 3.03. The van der Waals surface area contributed by atoms with Gasteiger partial charge < -0.3 is 15.4 Å². The second-order valence-electron chi connectivity index (χ2n) is 9.51. The molecule has 1 unspecified atom stereocenters. The molecule has 2 aliphatic rings. The number of halogens is 1. The van der Waals surface area contributed by atoms with E-state index >= 15 is 0 Å². The molecule has 174 valence electrons. The lowest BCUT2D eigenvalue weighted by Crippen LogP contribution is -2.50. The third-order valence-corrected chi connectivity index (χ3v) is 6.59. The van der Waals surface area contributed by atoms with Crippen LogP contribution in [-0.4, -0.2) is 51.9 Å². The molecule has 3 rings (SSSR count). The first-order valence-corrected chi connectivity index (χ1v) is 11.1. The maximum atomic E-state index is 13.0. The van der Waals surface area contributed by atoms with Crippen molar-refractivity contribution < 1.29 is 23.9 Å². The smallest absolute Gasteiger partial charge is 0.327 e. The first-order chi connectivity index (χ1) is 14.9. The molecule has 32 heavy (non-hydrogen) atoms. The minimum atomic E-state index is -1.16. The van der Waals surface area contributed by atoms with Crippen molar-refractivity contribution in [2.45, 2.75) is 65.0 Å². The fraction of sp³-hybridized carbons (Fsp3) is 0.591. The summed E-state index contributed by atoms with van der Waals surface area (Å²) in [6, 6.07) is 2.55. The number of hydrogen-bond acceptors (Lipinski definition) is 6. The molecule has 2 heterocycles. The number of esters is 1. The van der Waals surface area contributed by atoms with E-state index in [-0.39, 0.29) is 16.3 Å². The molecule has 1 aliphatic carbocycles. The Morgan fingerprint density at radius 3 is 2.59 bits per heavy atom. The molecule has 1 saturated carbocycles. The van der Waals surface area contributed by atoms with Gasteiger partial charge in [-0.1, -0.05) is 32.4 Å². The molecule has 9 nitrogen and oxygen atoms in total. The van der Waals surface area contributed by atoms with Gasteiger partial charge in [-0.15, -0.1) is 0 Å². The standard InChI is InChI=1S/C22H29ClN4O5/c1-13(18(29)25-15-6-5-11-24-17(15)23)32-16(28)12-27-19(30)22(26-20(27)31)9-7-14(8-10-22)21(2,3)4/h5-6,11,13-14H,7-10,12H2,1-4H3,(H,25,29)(H,26,31). The predicted octanol–water partition coefficient (Wildman–Crippen LogP) is 3.13. The Hall–Kier alpha value is -2.68. The van der Waals surface area contributed by atoms with Crippen molar-refractivity contribution >= 4 is 41.1 Å². The molecule has 1 aromatic heterocycles. The molecule has 0 aromatic carbocycles. The fourth-order valence-electron chi connectivity index (χ4n) is 4.27. The van der Waals surface area contributed by atoms with Crippen molar-refractivity contribution in [1.82, 2.24) is 15.2 Å². The van der Waals surface area contributed by atoms with Crippen LogP contribution in [-0.2, 0) is 19.1 Å².